The highest BCUT2D eigenvalue weighted by molar-refractivity contribution is 7.99. The summed E-state index contributed by atoms with van der Waals surface area (Å²) in [6.07, 6.45) is 0.750. The minimum absolute atomic E-state index is 0.146. The van der Waals surface area contributed by atoms with E-state index in [1.165, 1.54) is 22.9 Å². The van der Waals surface area contributed by atoms with Gasteiger partial charge in [0, 0.05) is 12.1 Å². The zero-order valence-electron chi connectivity index (χ0n) is 16.2. The van der Waals surface area contributed by atoms with Crippen LogP contribution in [0.2, 0.25) is 0 Å². The van der Waals surface area contributed by atoms with Crippen LogP contribution in [0.5, 0.6) is 0 Å². The van der Waals surface area contributed by atoms with E-state index >= 15 is 0 Å². The van der Waals surface area contributed by atoms with Gasteiger partial charge in [-0.15, -0.1) is 15.3 Å². The van der Waals surface area contributed by atoms with Gasteiger partial charge in [0.2, 0.25) is 11.8 Å². The van der Waals surface area contributed by atoms with Gasteiger partial charge in [-0.3, -0.25) is 4.57 Å². The second-order valence-electron chi connectivity index (χ2n) is 6.77. The van der Waals surface area contributed by atoms with Crippen LogP contribution in [0.15, 0.2) is 69.0 Å². The molecule has 0 fully saturated rings. The molecule has 0 bridgehead atoms. The van der Waals surface area contributed by atoms with Crippen LogP contribution >= 0.6 is 11.8 Å². The third kappa shape index (κ3) is 4.48. The Morgan fingerprint density at radius 2 is 1.86 bits per heavy atom. The lowest BCUT2D eigenvalue weighted by molar-refractivity contribution is 0.508. The summed E-state index contributed by atoms with van der Waals surface area (Å²) in [5, 5.41) is 15.5. The Kier molecular flexibility index (Phi) is 5.62. The summed E-state index contributed by atoms with van der Waals surface area (Å²) < 4.78 is 7.50. The summed E-state index contributed by atoms with van der Waals surface area (Å²) in [4.78, 5) is 12.2. The van der Waals surface area contributed by atoms with Crippen molar-refractivity contribution in [2.24, 2.45) is 0 Å². The van der Waals surface area contributed by atoms with Crippen molar-refractivity contribution in [1.82, 2.24) is 25.0 Å². The van der Waals surface area contributed by atoms with Crippen LogP contribution in [0.1, 0.15) is 29.2 Å². The first-order valence-electron chi connectivity index (χ1n) is 9.36. The van der Waals surface area contributed by atoms with E-state index < -0.39 is 0 Å². The number of aromatic nitrogens is 5. The quantitative estimate of drug-likeness (QED) is 0.465. The Hall–Kier alpha value is -3.13. The molecule has 0 aliphatic rings. The van der Waals surface area contributed by atoms with Crippen LogP contribution in [0.3, 0.4) is 0 Å². The highest BCUT2D eigenvalue weighted by Gasteiger charge is 2.20. The number of benzene rings is 2. The molecule has 2 aromatic heterocycles. The molecule has 0 radical (unpaired) electrons. The van der Waals surface area contributed by atoms with Crippen molar-refractivity contribution in [3.63, 3.8) is 0 Å². The van der Waals surface area contributed by atoms with E-state index in [1.807, 2.05) is 68.4 Å². The smallest absolute Gasteiger partial charge is 0.343 e. The number of hydrogen-bond acceptors (Lipinski definition) is 6. The van der Waals surface area contributed by atoms with Crippen LogP contribution in [0.25, 0.3) is 11.5 Å². The molecular formula is C21H21N5O2S. The second kappa shape index (κ2) is 8.48. The molecule has 1 atom stereocenters. The minimum Gasteiger partial charge on any atom is -0.419 e. The van der Waals surface area contributed by atoms with Gasteiger partial charge in [-0.05, 0) is 38.0 Å². The number of H-pyrrole nitrogens is 1. The van der Waals surface area contributed by atoms with Crippen LogP contribution in [-0.2, 0) is 13.0 Å². The normalized spacial score (nSPS) is 12.2. The first-order chi connectivity index (χ1) is 14.1. The van der Waals surface area contributed by atoms with E-state index in [1.54, 1.807) is 4.57 Å². The first-order valence-corrected chi connectivity index (χ1v) is 10.2. The molecule has 0 aliphatic carbocycles. The number of aromatic amines is 1. The van der Waals surface area contributed by atoms with Crippen molar-refractivity contribution in [3.8, 4) is 11.5 Å². The molecule has 0 saturated heterocycles. The van der Waals surface area contributed by atoms with Crippen molar-refractivity contribution in [1.29, 1.82) is 0 Å². The van der Waals surface area contributed by atoms with Gasteiger partial charge in [0.15, 0.2) is 5.16 Å². The SMILES string of the molecule is Cc1ccc(-c2nnc([C@@H](C)Sc3n[nH]c(=O)n3CCc3ccccc3)o2)cc1. The molecule has 8 heteroatoms. The van der Waals surface area contributed by atoms with Crippen LogP contribution in [0, 0.1) is 6.92 Å². The third-order valence-corrected chi connectivity index (χ3v) is 5.64. The second-order valence-corrected chi connectivity index (χ2v) is 8.08. The maximum absolute atomic E-state index is 12.2. The van der Waals surface area contributed by atoms with Crippen molar-refractivity contribution < 1.29 is 4.42 Å². The van der Waals surface area contributed by atoms with Gasteiger partial charge in [0.1, 0.15) is 0 Å². The first kappa shape index (κ1) is 19.2. The van der Waals surface area contributed by atoms with Gasteiger partial charge in [-0.25, -0.2) is 9.89 Å². The summed E-state index contributed by atoms with van der Waals surface area (Å²) in [5.74, 6) is 0.978. The molecule has 2 aromatic carbocycles. The fourth-order valence-corrected chi connectivity index (χ4v) is 3.81. The van der Waals surface area contributed by atoms with E-state index in [-0.39, 0.29) is 10.9 Å². The van der Waals surface area contributed by atoms with Gasteiger partial charge in [0.05, 0.1) is 5.25 Å². The third-order valence-electron chi connectivity index (χ3n) is 4.56. The number of nitrogens with zero attached hydrogens (tertiary/aromatic N) is 4. The molecule has 7 nitrogen and oxygen atoms in total. The lowest BCUT2D eigenvalue weighted by Gasteiger charge is -2.08. The lowest BCUT2D eigenvalue weighted by atomic mass is 10.1. The van der Waals surface area contributed by atoms with E-state index in [0.717, 1.165) is 12.0 Å². The standard InChI is InChI=1S/C21H21N5O2S/c1-14-8-10-17(11-9-14)19-23-22-18(28-19)15(2)29-21-25-24-20(27)26(21)13-12-16-6-4-3-5-7-16/h3-11,15H,12-13H2,1-2H3,(H,24,27)/t15-/m1/s1. The molecule has 2 heterocycles. The Labute approximate surface area is 172 Å². The lowest BCUT2D eigenvalue weighted by Crippen LogP contribution is -2.19. The molecular weight excluding hydrogens is 386 g/mol. The zero-order valence-corrected chi connectivity index (χ0v) is 17.0. The van der Waals surface area contributed by atoms with Gasteiger partial charge >= 0.3 is 5.69 Å². The molecule has 0 spiro atoms. The van der Waals surface area contributed by atoms with E-state index in [9.17, 15) is 4.79 Å². The van der Waals surface area contributed by atoms with Crippen molar-refractivity contribution >= 4 is 11.8 Å². The van der Waals surface area contributed by atoms with Crippen LogP contribution in [0.4, 0.5) is 0 Å². The molecule has 0 saturated carbocycles. The minimum atomic E-state index is -0.221. The van der Waals surface area contributed by atoms with E-state index in [0.29, 0.717) is 23.5 Å². The Morgan fingerprint density at radius 3 is 2.62 bits per heavy atom. The molecule has 4 rings (SSSR count). The fraction of sp³-hybridized carbons (Fsp3) is 0.238. The van der Waals surface area contributed by atoms with Crippen molar-refractivity contribution in [3.05, 3.63) is 82.1 Å². The summed E-state index contributed by atoms with van der Waals surface area (Å²) in [6.45, 7) is 4.54. The highest BCUT2D eigenvalue weighted by atomic mass is 32.2. The van der Waals surface area contributed by atoms with Crippen molar-refractivity contribution in [2.75, 3.05) is 0 Å². The van der Waals surface area contributed by atoms with Crippen LogP contribution < -0.4 is 5.69 Å². The Balaban J connectivity index is 1.47. The molecule has 0 aliphatic heterocycles. The topological polar surface area (TPSA) is 89.6 Å². The predicted molar refractivity (Wildman–Crippen MR) is 112 cm³/mol. The number of hydrogen-bond donors (Lipinski definition) is 1. The average molecular weight is 407 g/mol. The molecule has 0 amide bonds. The fourth-order valence-electron chi connectivity index (χ4n) is 2.90. The summed E-state index contributed by atoms with van der Waals surface area (Å²) in [7, 11) is 0. The molecule has 4 aromatic rings. The number of nitrogens with one attached hydrogen (secondary N) is 1. The maximum Gasteiger partial charge on any atom is 0.343 e. The van der Waals surface area contributed by atoms with Gasteiger partial charge < -0.3 is 4.42 Å². The van der Waals surface area contributed by atoms with Gasteiger partial charge in [-0.2, -0.15) is 0 Å². The Bertz CT molecular complexity index is 1130. The van der Waals surface area contributed by atoms with Crippen molar-refractivity contribution in [2.45, 2.75) is 37.2 Å². The average Bonchev–Trinajstić information content (AvgIpc) is 3.35. The molecule has 1 N–H and O–H groups in total. The molecule has 29 heavy (non-hydrogen) atoms. The molecule has 148 valence electrons. The number of rotatable bonds is 7. The van der Waals surface area contributed by atoms with Gasteiger partial charge in [0.25, 0.3) is 0 Å². The summed E-state index contributed by atoms with van der Waals surface area (Å²) in [5.41, 5.74) is 3.00. The monoisotopic (exact) mass is 407 g/mol. The predicted octanol–water partition coefficient (Wildman–Crippen LogP) is 4.03. The zero-order chi connectivity index (χ0) is 20.2. The molecule has 0 unspecified atom stereocenters. The Morgan fingerprint density at radius 1 is 1.10 bits per heavy atom. The number of aryl methyl sites for hydroxylation is 2. The highest BCUT2D eigenvalue weighted by Crippen LogP contribution is 2.33. The van der Waals surface area contributed by atoms with Crippen LogP contribution in [-0.4, -0.2) is 25.0 Å². The summed E-state index contributed by atoms with van der Waals surface area (Å²) >= 11 is 1.41. The summed E-state index contributed by atoms with van der Waals surface area (Å²) in [6, 6.07) is 18.0. The van der Waals surface area contributed by atoms with E-state index in [2.05, 4.69) is 20.4 Å². The van der Waals surface area contributed by atoms with E-state index in [4.69, 9.17) is 4.42 Å². The van der Waals surface area contributed by atoms with Gasteiger partial charge in [-0.1, -0.05) is 59.8 Å². The number of thioether (sulfide) groups is 1. The maximum atomic E-state index is 12.2. The largest absolute Gasteiger partial charge is 0.419 e.